The van der Waals surface area contributed by atoms with Gasteiger partial charge in [-0.1, -0.05) is 30.3 Å². The maximum absolute atomic E-state index is 9.12. The van der Waals surface area contributed by atoms with Crippen molar-refractivity contribution >= 4 is 0 Å². The number of nitrogens with one attached hydrogen (secondary N) is 1. The molecule has 1 atom stereocenters. The highest BCUT2D eigenvalue weighted by Crippen LogP contribution is 2.20. The van der Waals surface area contributed by atoms with Crippen LogP contribution < -0.4 is 10.1 Å². The van der Waals surface area contributed by atoms with E-state index in [0.717, 1.165) is 5.56 Å². The van der Waals surface area contributed by atoms with E-state index in [1.807, 2.05) is 24.3 Å². The fourth-order valence-corrected chi connectivity index (χ4v) is 2.41. The number of hydrogen-bond donors (Lipinski definition) is 1. The molecule has 0 saturated carbocycles. The van der Waals surface area contributed by atoms with Gasteiger partial charge in [-0.2, -0.15) is 5.26 Å². The Morgan fingerprint density at radius 3 is 2.67 bits per heavy atom. The van der Waals surface area contributed by atoms with Gasteiger partial charge in [-0.3, -0.25) is 0 Å². The number of aryl methyl sites for hydroxylation is 1. The minimum absolute atomic E-state index is 0.263. The van der Waals surface area contributed by atoms with Gasteiger partial charge in [-0.05, 0) is 42.7 Å². The summed E-state index contributed by atoms with van der Waals surface area (Å²) < 4.78 is 5.16. The van der Waals surface area contributed by atoms with Crippen LogP contribution in [0.25, 0.3) is 0 Å². The molecule has 0 aromatic heterocycles. The fraction of sp³-hybridized carbons (Fsp3) is 0.278. The van der Waals surface area contributed by atoms with E-state index in [1.54, 1.807) is 7.11 Å². The van der Waals surface area contributed by atoms with Gasteiger partial charge in [0.15, 0.2) is 0 Å². The van der Waals surface area contributed by atoms with E-state index >= 15 is 0 Å². The van der Waals surface area contributed by atoms with Crippen molar-refractivity contribution in [1.82, 2.24) is 5.32 Å². The first kappa shape index (κ1) is 15.1. The van der Waals surface area contributed by atoms with Crippen LogP contribution in [-0.4, -0.2) is 7.11 Å². The van der Waals surface area contributed by atoms with E-state index in [1.165, 1.54) is 11.1 Å². The zero-order valence-corrected chi connectivity index (χ0v) is 12.7. The Labute approximate surface area is 126 Å². The number of ether oxygens (including phenoxy) is 1. The second kappa shape index (κ2) is 6.92. The highest BCUT2D eigenvalue weighted by Gasteiger charge is 2.08. The average molecular weight is 280 g/mol. The summed E-state index contributed by atoms with van der Waals surface area (Å²) in [5.74, 6) is 0.619. The fourth-order valence-electron chi connectivity index (χ4n) is 2.41. The van der Waals surface area contributed by atoms with Gasteiger partial charge in [0, 0.05) is 12.6 Å². The normalized spacial score (nSPS) is 11.7. The first-order valence-corrected chi connectivity index (χ1v) is 7.01. The Kier molecular flexibility index (Phi) is 4.97. The van der Waals surface area contributed by atoms with Crippen molar-refractivity contribution < 1.29 is 4.74 Å². The molecule has 2 rings (SSSR count). The number of rotatable bonds is 5. The van der Waals surface area contributed by atoms with Crippen molar-refractivity contribution in [3.63, 3.8) is 0 Å². The summed E-state index contributed by atoms with van der Waals surface area (Å²) in [5.41, 5.74) is 4.23. The summed E-state index contributed by atoms with van der Waals surface area (Å²) >= 11 is 0. The molecule has 21 heavy (non-hydrogen) atoms. The number of nitrogens with zero attached hydrogens (tertiary/aromatic N) is 1. The average Bonchev–Trinajstić information content (AvgIpc) is 2.52. The lowest BCUT2D eigenvalue weighted by Gasteiger charge is -2.17. The zero-order valence-electron chi connectivity index (χ0n) is 12.7. The van der Waals surface area contributed by atoms with E-state index < -0.39 is 0 Å². The summed E-state index contributed by atoms with van der Waals surface area (Å²) in [6.45, 7) is 4.99. The number of methoxy groups -OCH3 is 1. The van der Waals surface area contributed by atoms with E-state index in [-0.39, 0.29) is 6.04 Å². The molecular weight excluding hydrogens is 260 g/mol. The molecule has 0 saturated heterocycles. The van der Waals surface area contributed by atoms with Gasteiger partial charge in [-0.15, -0.1) is 0 Å². The van der Waals surface area contributed by atoms with E-state index in [9.17, 15) is 0 Å². The van der Waals surface area contributed by atoms with Gasteiger partial charge in [-0.25, -0.2) is 0 Å². The van der Waals surface area contributed by atoms with Gasteiger partial charge in [0.2, 0.25) is 0 Å². The largest absolute Gasteiger partial charge is 0.495 e. The van der Waals surface area contributed by atoms with Crippen LogP contribution in [-0.2, 0) is 6.54 Å². The second-order valence-electron chi connectivity index (χ2n) is 5.11. The molecule has 3 nitrogen and oxygen atoms in total. The van der Waals surface area contributed by atoms with Crippen molar-refractivity contribution in [3.8, 4) is 11.8 Å². The topological polar surface area (TPSA) is 45.0 Å². The highest BCUT2D eigenvalue weighted by molar-refractivity contribution is 5.45. The number of nitriles is 1. The molecule has 0 aliphatic heterocycles. The summed E-state index contributed by atoms with van der Waals surface area (Å²) in [5, 5.41) is 12.6. The lowest BCUT2D eigenvalue weighted by Crippen LogP contribution is -2.18. The second-order valence-corrected chi connectivity index (χ2v) is 5.11. The molecule has 0 unspecified atom stereocenters. The Morgan fingerprint density at radius 1 is 1.24 bits per heavy atom. The van der Waals surface area contributed by atoms with Gasteiger partial charge >= 0.3 is 0 Å². The number of benzene rings is 2. The molecule has 2 aromatic rings. The third kappa shape index (κ3) is 3.62. The van der Waals surface area contributed by atoms with Crippen molar-refractivity contribution in [2.45, 2.75) is 26.4 Å². The standard InChI is InChI=1S/C18H20N2O/c1-13-6-4-5-7-17(13)14(2)20-12-15-8-9-18(21-3)16(10-15)11-19/h4-10,14,20H,12H2,1-3H3/t14-/m1/s1. The maximum atomic E-state index is 9.12. The Balaban J connectivity index is 2.07. The lowest BCUT2D eigenvalue weighted by molar-refractivity contribution is 0.413. The highest BCUT2D eigenvalue weighted by atomic mass is 16.5. The van der Waals surface area contributed by atoms with Crippen molar-refractivity contribution in [3.05, 3.63) is 64.7 Å². The first-order chi connectivity index (χ1) is 10.2. The van der Waals surface area contributed by atoms with Crippen molar-refractivity contribution in [2.24, 2.45) is 0 Å². The Bertz CT molecular complexity index is 659. The molecule has 108 valence electrons. The molecule has 0 radical (unpaired) electrons. The van der Waals surface area contributed by atoms with Crippen LogP contribution >= 0.6 is 0 Å². The van der Waals surface area contributed by atoms with E-state index in [0.29, 0.717) is 17.9 Å². The molecule has 3 heteroatoms. The van der Waals surface area contributed by atoms with E-state index in [2.05, 4.69) is 43.4 Å². The van der Waals surface area contributed by atoms with Gasteiger partial charge in [0.05, 0.1) is 12.7 Å². The quantitative estimate of drug-likeness (QED) is 0.907. The Hall–Kier alpha value is -2.31. The smallest absolute Gasteiger partial charge is 0.136 e. The molecule has 0 amide bonds. The number of hydrogen-bond acceptors (Lipinski definition) is 3. The predicted octanol–water partition coefficient (Wildman–Crippen LogP) is 3.73. The van der Waals surface area contributed by atoms with Gasteiger partial charge in [0.1, 0.15) is 11.8 Å². The van der Waals surface area contributed by atoms with Crippen LogP contribution in [0.3, 0.4) is 0 Å². The van der Waals surface area contributed by atoms with Crippen LogP contribution in [0, 0.1) is 18.3 Å². The molecule has 0 bridgehead atoms. The first-order valence-electron chi connectivity index (χ1n) is 7.01. The molecule has 0 aliphatic rings. The zero-order chi connectivity index (χ0) is 15.2. The minimum atomic E-state index is 0.263. The Morgan fingerprint density at radius 2 is 2.00 bits per heavy atom. The molecule has 1 N–H and O–H groups in total. The van der Waals surface area contributed by atoms with Gasteiger partial charge < -0.3 is 10.1 Å². The molecule has 0 spiro atoms. The van der Waals surface area contributed by atoms with E-state index in [4.69, 9.17) is 10.00 Å². The third-order valence-corrected chi connectivity index (χ3v) is 3.65. The van der Waals surface area contributed by atoms with Crippen LogP contribution in [0.5, 0.6) is 5.75 Å². The molecule has 2 aromatic carbocycles. The van der Waals surface area contributed by atoms with Crippen LogP contribution in [0.15, 0.2) is 42.5 Å². The van der Waals surface area contributed by atoms with Crippen molar-refractivity contribution in [2.75, 3.05) is 7.11 Å². The van der Waals surface area contributed by atoms with Crippen LogP contribution in [0.2, 0.25) is 0 Å². The summed E-state index contributed by atoms with van der Waals surface area (Å²) in [6.07, 6.45) is 0. The summed E-state index contributed by atoms with van der Waals surface area (Å²) in [7, 11) is 1.58. The predicted molar refractivity (Wildman–Crippen MR) is 84.1 cm³/mol. The lowest BCUT2D eigenvalue weighted by atomic mass is 10.0. The van der Waals surface area contributed by atoms with Crippen LogP contribution in [0.4, 0.5) is 0 Å². The molecular formula is C18H20N2O. The molecule has 0 aliphatic carbocycles. The SMILES string of the molecule is COc1ccc(CN[C@H](C)c2ccccc2C)cc1C#N. The van der Waals surface area contributed by atoms with Crippen LogP contribution in [0.1, 0.15) is 35.2 Å². The monoisotopic (exact) mass is 280 g/mol. The van der Waals surface area contributed by atoms with Crippen molar-refractivity contribution in [1.29, 1.82) is 5.26 Å². The molecule has 0 fully saturated rings. The minimum Gasteiger partial charge on any atom is -0.495 e. The summed E-state index contributed by atoms with van der Waals surface area (Å²) in [4.78, 5) is 0. The van der Waals surface area contributed by atoms with Gasteiger partial charge in [0.25, 0.3) is 0 Å². The summed E-state index contributed by atoms with van der Waals surface area (Å²) in [6, 6.07) is 16.5. The molecule has 0 heterocycles. The third-order valence-electron chi connectivity index (χ3n) is 3.65. The maximum Gasteiger partial charge on any atom is 0.136 e.